The minimum atomic E-state index is 1.30. The SMILES string of the molecule is Cc1cccc(-c2cc(C)cc(I)c2)c1. The van der Waals surface area contributed by atoms with Crippen molar-refractivity contribution in [3.05, 3.63) is 57.2 Å². The number of hydrogen-bond acceptors (Lipinski definition) is 0. The maximum Gasteiger partial charge on any atom is 0.0139 e. The Balaban J connectivity index is 2.54. The number of benzene rings is 2. The van der Waals surface area contributed by atoms with Crippen LogP contribution >= 0.6 is 22.6 Å². The van der Waals surface area contributed by atoms with Crippen LogP contribution in [0.3, 0.4) is 0 Å². The predicted octanol–water partition coefficient (Wildman–Crippen LogP) is 4.58. The minimum Gasteiger partial charge on any atom is -0.0614 e. The molecular formula is C14H13I. The molecule has 0 aromatic heterocycles. The van der Waals surface area contributed by atoms with Crippen LogP contribution in [0.25, 0.3) is 11.1 Å². The van der Waals surface area contributed by atoms with E-state index >= 15 is 0 Å². The van der Waals surface area contributed by atoms with Gasteiger partial charge in [0.15, 0.2) is 0 Å². The molecule has 0 heterocycles. The fraction of sp³-hybridized carbons (Fsp3) is 0.143. The van der Waals surface area contributed by atoms with Crippen molar-refractivity contribution >= 4 is 22.6 Å². The quantitative estimate of drug-likeness (QED) is 0.677. The van der Waals surface area contributed by atoms with E-state index in [1.807, 2.05) is 0 Å². The Morgan fingerprint density at radius 3 is 2.20 bits per heavy atom. The predicted molar refractivity (Wildman–Crippen MR) is 74.1 cm³/mol. The molecule has 0 atom stereocenters. The van der Waals surface area contributed by atoms with Crippen molar-refractivity contribution in [2.75, 3.05) is 0 Å². The van der Waals surface area contributed by atoms with E-state index in [0.29, 0.717) is 0 Å². The fourth-order valence-corrected chi connectivity index (χ4v) is 2.55. The van der Waals surface area contributed by atoms with Crippen LogP contribution in [0.5, 0.6) is 0 Å². The lowest BCUT2D eigenvalue weighted by atomic mass is 10.0. The van der Waals surface area contributed by atoms with E-state index in [9.17, 15) is 0 Å². The van der Waals surface area contributed by atoms with E-state index in [2.05, 4.69) is 78.9 Å². The molecule has 0 aliphatic carbocycles. The van der Waals surface area contributed by atoms with Crippen LogP contribution in [-0.2, 0) is 0 Å². The van der Waals surface area contributed by atoms with Gasteiger partial charge in [-0.3, -0.25) is 0 Å². The van der Waals surface area contributed by atoms with Gasteiger partial charge in [-0.1, -0.05) is 35.9 Å². The molecule has 2 aromatic carbocycles. The first-order valence-corrected chi connectivity index (χ1v) is 6.07. The highest BCUT2D eigenvalue weighted by molar-refractivity contribution is 14.1. The van der Waals surface area contributed by atoms with Crippen LogP contribution in [0, 0.1) is 17.4 Å². The normalized spacial score (nSPS) is 10.3. The van der Waals surface area contributed by atoms with Crippen molar-refractivity contribution in [3.8, 4) is 11.1 Å². The summed E-state index contributed by atoms with van der Waals surface area (Å²) in [6.45, 7) is 4.27. The summed E-state index contributed by atoms with van der Waals surface area (Å²) < 4.78 is 1.30. The molecule has 0 unspecified atom stereocenters. The number of rotatable bonds is 1. The summed E-state index contributed by atoms with van der Waals surface area (Å²) in [5, 5.41) is 0. The summed E-state index contributed by atoms with van der Waals surface area (Å²) in [6.07, 6.45) is 0. The Morgan fingerprint density at radius 2 is 1.53 bits per heavy atom. The average molecular weight is 308 g/mol. The Bertz CT molecular complexity index is 466. The van der Waals surface area contributed by atoms with Gasteiger partial charge in [0, 0.05) is 3.57 Å². The molecule has 15 heavy (non-hydrogen) atoms. The van der Waals surface area contributed by atoms with E-state index in [1.165, 1.54) is 25.8 Å². The molecule has 0 bridgehead atoms. The topological polar surface area (TPSA) is 0 Å². The van der Waals surface area contributed by atoms with Crippen molar-refractivity contribution in [3.63, 3.8) is 0 Å². The zero-order valence-corrected chi connectivity index (χ0v) is 11.1. The Kier molecular flexibility index (Phi) is 3.10. The number of hydrogen-bond donors (Lipinski definition) is 0. The first-order valence-electron chi connectivity index (χ1n) is 4.99. The Labute approximate surface area is 104 Å². The fourth-order valence-electron chi connectivity index (χ4n) is 1.73. The van der Waals surface area contributed by atoms with Crippen molar-refractivity contribution in [1.29, 1.82) is 0 Å². The van der Waals surface area contributed by atoms with Crippen LogP contribution in [0.4, 0.5) is 0 Å². The van der Waals surface area contributed by atoms with Gasteiger partial charge in [0.1, 0.15) is 0 Å². The van der Waals surface area contributed by atoms with Gasteiger partial charge in [-0.25, -0.2) is 0 Å². The molecule has 0 N–H and O–H groups in total. The lowest BCUT2D eigenvalue weighted by molar-refractivity contribution is 1.42. The lowest BCUT2D eigenvalue weighted by Gasteiger charge is -2.05. The molecule has 0 aliphatic rings. The van der Waals surface area contributed by atoms with Gasteiger partial charge in [0.25, 0.3) is 0 Å². The minimum absolute atomic E-state index is 1.30. The van der Waals surface area contributed by atoms with Crippen molar-refractivity contribution in [2.24, 2.45) is 0 Å². The second-order valence-electron chi connectivity index (χ2n) is 3.89. The third-order valence-electron chi connectivity index (χ3n) is 2.39. The zero-order valence-electron chi connectivity index (χ0n) is 8.92. The van der Waals surface area contributed by atoms with Crippen molar-refractivity contribution < 1.29 is 0 Å². The molecule has 0 amide bonds. The molecule has 2 aromatic rings. The Hall–Kier alpha value is -0.830. The number of halogens is 1. The second kappa shape index (κ2) is 4.35. The smallest absolute Gasteiger partial charge is 0.0139 e. The van der Waals surface area contributed by atoms with Gasteiger partial charge in [-0.15, -0.1) is 0 Å². The second-order valence-corrected chi connectivity index (χ2v) is 5.13. The summed E-state index contributed by atoms with van der Waals surface area (Å²) in [5.74, 6) is 0. The van der Waals surface area contributed by atoms with E-state index in [0.717, 1.165) is 0 Å². The summed E-state index contributed by atoms with van der Waals surface area (Å²) in [5.41, 5.74) is 5.24. The largest absolute Gasteiger partial charge is 0.0614 e. The van der Waals surface area contributed by atoms with Gasteiger partial charge >= 0.3 is 0 Å². The van der Waals surface area contributed by atoms with Gasteiger partial charge in [0.2, 0.25) is 0 Å². The highest BCUT2D eigenvalue weighted by atomic mass is 127. The highest BCUT2D eigenvalue weighted by Crippen LogP contribution is 2.23. The van der Waals surface area contributed by atoms with E-state index < -0.39 is 0 Å². The molecule has 0 nitrogen and oxygen atoms in total. The van der Waals surface area contributed by atoms with E-state index in [4.69, 9.17) is 0 Å². The first kappa shape index (κ1) is 10.7. The molecule has 2 rings (SSSR count). The molecule has 0 saturated heterocycles. The highest BCUT2D eigenvalue weighted by Gasteiger charge is 1.99. The monoisotopic (exact) mass is 308 g/mol. The summed E-state index contributed by atoms with van der Waals surface area (Å²) in [7, 11) is 0. The summed E-state index contributed by atoms with van der Waals surface area (Å²) >= 11 is 2.37. The van der Waals surface area contributed by atoms with E-state index in [1.54, 1.807) is 0 Å². The van der Waals surface area contributed by atoms with Crippen molar-refractivity contribution in [1.82, 2.24) is 0 Å². The van der Waals surface area contributed by atoms with Crippen LogP contribution in [0.15, 0.2) is 42.5 Å². The maximum absolute atomic E-state index is 2.37. The van der Waals surface area contributed by atoms with Crippen LogP contribution < -0.4 is 0 Å². The summed E-state index contributed by atoms with van der Waals surface area (Å²) in [6, 6.07) is 15.3. The molecule has 1 heteroatoms. The van der Waals surface area contributed by atoms with Gasteiger partial charge in [-0.2, -0.15) is 0 Å². The van der Waals surface area contributed by atoms with Crippen LogP contribution in [-0.4, -0.2) is 0 Å². The summed E-state index contributed by atoms with van der Waals surface area (Å²) in [4.78, 5) is 0. The van der Waals surface area contributed by atoms with Crippen LogP contribution in [0.1, 0.15) is 11.1 Å². The van der Waals surface area contributed by atoms with Gasteiger partial charge in [-0.05, 0) is 65.3 Å². The lowest BCUT2D eigenvalue weighted by Crippen LogP contribution is -1.83. The average Bonchev–Trinajstić information content (AvgIpc) is 2.16. The molecule has 0 spiro atoms. The number of aryl methyl sites for hydroxylation is 2. The molecule has 76 valence electrons. The third kappa shape index (κ3) is 2.59. The molecule has 0 radical (unpaired) electrons. The zero-order chi connectivity index (χ0) is 10.8. The third-order valence-corrected chi connectivity index (χ3v) is 3.02. The molecule has 0 saturated carbocycles. The Morgan fingerprint density at radius 1 is 0.800 bits per heavy atom. The molecular weight excluding hydrogens is 295 g/mol. The molecule has 0 fully saturated rings. The standard InChI is InChI=1S/C14H13I/c1-10-4-3-5-12(6-10)13-7-11(2)8-14(15)9-13/h3-9H,1-2H3. The van der Waals surface area contributed by atoms with Crippen molar-refractivity contribution in [2.45, 2.75) is 13.8 Å². The first-order chi connectivity index (χ1) is 7.15. The van der Waals surface area contributed by atoms with Gasteiger partial charge in [0.05, 0.1) is 0 Å². The van der Waals surface area contributed by atoms with E-state index in [-0.39, 0.29) is 0 Å². The van der Waals surface area contributed by atoms with Crippen LogP contribution in [0.2, 0.25) is 0 Å². The molecule has 0 aliphatic heterocycles. The maximum atomic E-state index is 2.37. The van der Waals surface area contributed by atoms with Gasteiger partial charge < -0.3 is 0 Å².